The first-order chi connectivity index (χ1) is 10.2. The van der Waals surface area contributed by atoms with Crippen molar-refractivity contribution in [1.82, 2.24) is 25.0 Å². The Labute approximate surface area is 129 Å². The lowest BCUT2D eigenvalue weighted by molar-refractivity contribution is 0.131. The number of aromatic nitrogens is 3. The van der Waals surface area contributed by atoms with Gasteiger partial charge in [-0.05, 0) is 38.3 Å². The summed E-state index contributed by atoms with van der Waals surface area (Å²) in [5.41, 5.74) is 0. The molecule has 5 heteroatoms. The number of piperidine rings is 1. The highest BCUT2D eigenvalue weighted by Crippen LogP contribution is 2.18. The first-order valence-corrected chi connectivity index (χ1v) is 8.52. The summed E-state index contributed by atoms with van der Waals surface area (Å²) in [4.78, 5) is 7.07. The minimum Gasteiger partial charge on any atom is -0.315 e. The van der Waals surface area contributed by atoms with Crippen LogP contribution in [0.25, 0.3) is 0 Å². The van der Waals surface area contributed by atoms with Crippen LogP contribution in [-0.4, -0.2) is 45.3 Å². The van der Waals surface area contributed by atoms with Gasteiger partial charge in [-0.15, -0.1) is 0 Å². The van der Waals surface area contributed by atoms with E-state index in [2.05, 4.69) is 45.8 Å². The molecule has 1 aromatic heterocycles. The second-order valence-corrected chi connectivity index (χ2v) is 6.58. The number of rotatable bonds is 8. The van der Waals surface area contributed by atoms with Crippen molar-refractivity contribution in [2.45, 2.75) is 65.6 Å². The highest BCUT2D eigenvalue weighted by molar-refractivity contribution is 4.89. The maximum absolute atomic E-state index is 4.48. The molecule has 0 aliphatic carbocycles. The quantitative estimate of drug-likeness (QED) is 0.747. The van der Waals surface area contributed by atoms with Gasteiger partial charge in [0.05, 0.1) is 6.54 Å². The molecular formula is C16H31N5. The zero-order valence-corrected chi connectivity index (χ0v) is 13.9. The Bertz CT molecular complexity index is 401. The topological polar surface area (TPSA) is 46.0 Å². The van der Waals surface area contributed by atoms with Crippen LogP contribution < -0.4 is 5.32 Å². The maximum atomic E-state index is 4.48. The van der Waals surface area contributed by atoms with E-state index in [9.17, 15) is 0 Å². The van der Waals surface area contributed by atoms with Crippen LogP contribution in [0.4, 0.5) is 0 Å². The van der Waals surface area contributed by atoms with Gasteiger partial charge in [-0.25, -0.2) is 9.67 Å². The van der Waals surface area contributed by atoms with Crippen LogP contribution in [0, 0.1) is 5.92 Å². The standard InChI is InChI=1S/C16H31N5/c1-4-8-17-10-15-7-5-6-9-20(15)12-16-18-13-19-21(16)11-14(2)3/h13-15,17H,4-12H2,1-3H3. The maximum Gasteiger partial charge on any atom is 0.141 e. The summed E-state index contributed by atoms with van der Waals surface area (Å²) in [6, 6.07) is 0.648. The zero-order chi connectivity index (χ0) is 15.1. The van der Waals surface area contributed by atoms with E-state index in [1.54, 1.807) is 6.33 Å². The lowest BCUT2D eigenvalue weighted by Gasteiger charge is -2.35. The molecule has 2 heterocycles. The first-order valence-electron chi connectivity index (χ1n) is 8.52. The van der Waals surface area contributed by atoms with Crippen LogP contribution in [0.1, 0.15) is 52.3 Å². The zero-order valence-electron chi connectivity index (χ0n) is 13.9. The van der Waals surface area contributed by atoms with Crippen LogP contribution in [0.5, 0.6) is 0 Å². The van der Waals surface area contributed by atoms with Gasteiger partial charge in [0.15, 0.2) is 0 Å². The van der Waals surface area contributed by atoms with E-state index in [0.717, 1.165) is 32.0 Å². The molecule has 0 radical (unpaired) electrons. The third-order valence-electron chi connectivity index (χ3n) is 4.13. The number of hydrogen-bond acceptors (Lipinski definition) is 4. The molecular weight excluding hydrogens is 262 g/mol. The molecule has 1 saturated heterocycles. The molecule has 1 aliphatic heterocycles. The van der Waals surface area contributed by atoms with E-state index in [4.69, 9.17) is 0 Å². The van der Waals surface area contributed by atoms with Gasteiger partial charge in [0.1, 0.15) is 12.2 Å². The van der Waals surface area contributed by atoms with Gasteiger partial charge in [0.25, 0.3) is 0 Å². The Kier molecular flexibility index (Phi) is 6.64. The highest BCUT2D eigenvalue weighted by atomic mass is 15.4. The normalized spacial score (nSPS) is 20.3. The number of likely N-dealkylation sites (tertiary alicyclic amines) is 1. The summed E-state index contributed by atoms with van der Waals surface area (Å²) in [5.74, 6) is 1.72. The van der Waals surface area contributed by atoms with Gasteiger partial charge in [-0.3, -0.25) is 4.90 Å². The molecule has 1 aromatic rings. The minimum absolute atomic E-state index is 0.605. The fourth-order valence-electron chi connectivity index (χ4n) is 3.04. The van der Waals surface area contributed by atoms with Crippen molar-refractivity contribution in [3.8, 4) is 0 Å². The molecule has 0 bridgehead atoms. The molecule has 120 valence electrons. The van der Waals surface area contributed by atoms with Crippen molar-refractivity contribution in [2.75, 3.05) is 19.6 Å². The smallest absolute Gasteiger partial charge is 0.141 e. The molecule has 21 heavy (non-hydrogen) atoms. The van der Waals surface area contributed by atoms with Crippen molar-refractivity contribution >= 4 is 0 Å². The van der Waals surface area contributed by atoms with Crippen LogP contribution in [0.2, 0.25) is 0 Å². The molecule has 1 unspecified atom stereocenters. The molecule has 1 N–H and O–H groups in total. The van der Waals surface area contributed by atoms with E-state index < -0.39 is 0 Å². The van der Waals surface area contributed by atoms with Crippen LogP contribution in [0.3, 0.4) is 0 Å². The Morgan fingerprint density at radius 1 is 1.38 bits per heavy atom. The molecule has 1 atom stereocenters. The SMILES string of the molecule is CCCNCC1CCCCN1Cc1ncnn1CC(C)C. The number of nitrogens with zero attached hydrogens (tertiary/aromatic N) is 4. The Hall–Kier alpha value is -0.940. The molecule has 0 aromatic carbocycles. The third-order valence-corrected chi connectivity index (χ3v) is 4.13. The van der Waals surface area contributed by atoms with Gasteiger partial charge < -0.3 is 5.32 Å². The second kappa shape index (κ2) is 8.49. The number of hydrogen-bond donors (Lipinski definition) is 1. The first kappa shape index (κ1) is 16.4. The van der Waals surface area contributed by atoms with Crippen molar-refractivity contribution in [2.24, 2.45) is 5.92 Å². The molecule has 5 nitrogen and oxygen atoms in total. The summed E-state index contributed by atoms with van der Waals surface area (Å²) in [7, 11) is 0. The van der Waals surface area contributed by atoms with Crippen molar-refractivity contribution in [3.05, 3.63) is 12.2 Å². The minimum atomic E-state index is 0.605. The molecule has 0 spiro atoms. The summed E-state index contributed by atoms with van der Waals surface area (Å²) >= 11 is 0. The monoisotopic (exact) mass is 293 g/mol. The molecule has 0 amide bonds. The fourth-order valence-corrected chi connectivity index (χ4v) is 3.04. The van der Waals surface area contributed by atoms with Crippen LogP contribution in [-0.2, 0) is 13.1 Å². The molecule has 1 aliphatic rings. The third kappa shape index (κ3) is 5.08. The lowest BCUT2D eigenvalue weighted by atomic mass is 10.0. The van der Waals surface area contributed by atoms with Gasteiger partial charge >= 0.3 is 0 Å². The average Bonchev–Trinajstić information content (AvgIpc) is 2.87. The number of nitrogens with one attached hydrogen (secondary N) is 1. The van der Waals surface area contributed by atoms with Gasteiger partial charge in [-0.1, -0.05) is 27.2 Å². The lowest BCUT2D eigenvalue weighted by Crippen LogP contribution is -2.45. The molecule has 1 fully saturated rings. The van der Waals surface area contributed by atoms with E-state index in [-0.39, 0.29) is 0 Å². The van der Waals surface area contributed by atoms with Gasteiger partial charge in [-0.2, -0.15) is 5.10 Å². The predicted molar refractivity (Wildman–Crippen MR) is 86.1 cm³/mol. The fraction of sp³-hybridized carbons (Fsp3) is 0.875. The summed E-state index contributed by atoms with van der Waals surface area (Å²) in [6.07, 6.45) is 6.87. The molecule has 2 rings (SSSR count). The van der Waals surface area contributed by atoms with Crippen LogP contribution in [0.15, 0.2) is 6.33 Å². The predicted octanol–water partition coefficient (Wildman–Crippen LogP) is 2.29. The van der Waals surface area contributed by atoms with Crippen molar-refractivity contribution < 1.29 is 0 Å². The summed E-state index contributed by atoms with van der Waals surface area (Å²) in [6.45, 7) is 12.0. The van der Waals surface area contributed by atoms with E-state index in [1.807, 2.05) is 0 Å². The molecule has 0 saturated carbocycles. The van der Waals surface area contributed by atoms with E-state index in [1.165, 1.54) is 32.2 Å². The second-order valence-electron chi connectivity index (χ2n) is 6.58. The van der Waals surface area contributed by atoms with Gasteiger partial charge in [0.2, 0.25) is 0 Å². The van der Waals surface area contributed by atoms with E-state index in [0.29, 0.717) is 12.0 Å². The van der Waals surface area contributed by atoms with E-state index >= 15 is 0 Å². The van der Waals surface area contributed by atoms with Crippen LogP contribution >= 0.6 is 0 Å². The average molecular weight is 293 g/mol. The largest absolute Gasteiger partial charge is 0.315 e. The summed E-state index contributed by atoms with van der Waals surface area (Å²) in [5, 5.41) is 7.96. The Balaban J connectivity index is 1.93. The Morgan fingerprint density at radius 3 is 3.00 bits per heavy atom. The summed E-state index contributed by atoms with van der Waals surface area (Å²) < 4.78 is 2.08. The van der Waals surface area contributed by atoms with Gasteiger partial charge in [0, 0.05) is 19.1 Å². The highest BCUT2D eigenvalue weighted by Gasteiger charge is 2.23. The van der Waals surface area contributed by atoms with Crippen molar-refractivity contribution in [1.29, 1.82) is 0 Å². The van der Waals surface area contributed by atoms with Crippen molar-refractivity contribution in [3.63, 3.8) is 0 Å². The Morgan fingerprint density at radius 2 is 2.24 bits per heavy atom.